The van der Waals surface area contributed by atoms with Crippen molar-refractivity contribution in [3.05, 3.63) is 83.8 Å². The Kier molecular flexibility index (Phi) is 5.37. The number of aromatic nitrogens is 1. The predicted molar refractivity (Wildman–Crippen MR) is 102 cm³/mol. The summed E-state index contributed by atoms with van der Waals surface area (Å²) in [4.78, 5) is 18.9. The van der Waals surface area contributed by atoms with Gasteiger partial charge in [-0.05, 0) is 30.5 Å². The molecule has 4 rings (SSSR count). The zero-order chi connectivity index (χ0) is 19.3. The zero-order valence-electron chi connectivity index (χ0n) is 15.4. The number of amides is 1. The Bertz CT molecular complexity index is 942. The minimum atomic E-state index is -0.453. The molecule has 1 aliphatic rings. The van der Waals surface area contributed by atoms with Crippen LogP contribution in [0.2, 0.25) is 0 Å². The fourth-order valence-electron chi connectivity index (χ4n) is 3.50. The van der Waals surface area contributed by atoms with Gasteiger partial charge in [0.1, 0.15) is 6.26 Å². The van der Waals surface area contributed by atoms with Crippen LogP contribution in [0.15, 0.2) is 65.3 Å². The molecule has 5 nitrogen and oxygen atoms in total. The highest BCUT2D eigenvalue weighted by Crippen LogP contribution is 2.27. The Balaban J connectivity index is 1.39. The highest BCUT2D eigenvalue weighted by molar-refractivity contribution is 5.92. The second-order valence-corrected chi connectivity index (χ2v) is 6.85. The van der Waals surface area contributed by atoms with Crippen LogP contribution in [0.4, 0.5) is 4.39 Å². The van der Waals surface area contributed by atoms with Crippen molar-refractivity contribution in [2.45, 2.75) is 25.4 Å². The van der Waals surface area contributed by atoms with Gasteiger partial charge in [-0.2, -0.15) is 0 Å². The van der Waals surface area contributed by atoms with Gasteiger partial charge in [0.15, 0.2) is 23.9 Å². The average molecular weight is 380 g/mol. The number of piperidine rings is 1. The molecule has 0 spiro atoms. The first-order chi connectivity index (χ1) is 13.7. The van der Waals surface area contributed by atoms with E-state index < -0.39 is 5.82 Å². The summed E-state index contributed by atoms with van der Waals surface area (Å²) in [5.74, 6) is 0.0836. The number of hydrogen-bond donors (Lipinski definition) is 0. The molecule has 1 fully saturated rings. The van der Waals surface area contributed by atoms with Gasteiger partial charge in [0.25, 0.3) is 5.91 Å². The van der Waals surface area contributed by atoms with Crippen LogP contribution < -0.4 is 4.74 Å². The second-order valence-electron chi connectivity index (χ2n) is 6.85. The molecule has 1 aliphatic heterocycles. The Morgan fingerprint density at radius 3 is 2.79 bits per heavy atom. The van der Waals surface area contributed by atoms with E-state index in [1.165, 1.54) is 24.0 Å². The fourth-order valence-corrected chi connectivity index (χ4v) is 3.50. The number of rotatable bonds is 5. The number of ether oxygens (including phenoxy) is 1. The van der Waals surface area contributed by atoms with Crippen LogP contribution >= 0.6 is 0 Å². The van der Waals surface area contributed by atoms with Gasteiger partial charge in [-0.3, -0.25) is 4.79 Å². The summed E-state index contributed by atoms with van der Waals surface area (Å²) in [6.07, 6.45) is 3.36. The monoisotopic (exact) mass is 380 g/mol. The van der Waals surface area contributed by atoms with E-state index in [1.54, 1.807) is 12.1 Å². The van der Waals surface area contributed by atoms with Crippen molar-refractivity contribution in [2.75, 3.05) is 13.1 Å². The fraction of sp³-hybridized carbons (Fsp3) is 0.273. The maximum Gasteiger partial charge on any atom is 0.275 e. The highest BCUT2D eigenvalue weighted by Gasteiger charge is 2.27. The number of para-hydroxylation sites is 1. The van der Waals surface area contributed by atoms with Gasteiger partial charge in [-0.1, -0.05) is 42.5 Å². The number of halogens is 1. The summed E-state index contributed by atoms with van der Waals surface area (Å²) in [7, 11) is 0. The molecule has 1 amide bonds. The van der Waals surface area contributed by atoms with Crippen molar-refractivity contribution in [1.29, 1.82) is 0 Å². The number of likely N-dealkylation sites (tertiary alicyclic amines) is 1. The lowest BCUT2D eigenvalue weighted by Crippen LogP contribution is -2.39. The summed E-state index contributed by atoms with van der Waals surface area (Å²) >= 11 is 0. The second kappa shape index (κ2) is 8.25. The molecule has 144 valence electrons. The molecular weight excluding hydrogens is 359 g/mol. The maximum atomic E-state index is 13.6. The number of carbonyl (C=O) groups excluding carboxylic acids is 1. The lowest BCUT2D eigenvalue weighted by atomic mass is 9.90. The third kappa shape index (κ3) is 4.06. The molecule has 0 unspecified atom stereocenters. The van der Waals surface area contributed by atoms with E-state index in [9.17, 15) is 9.18 Å². The number of carbonyl (C=O) groups is 1. The molecule has 1 atom stereocenters. The molecule has 0 saturated carbocycles. The number of hydrogen-bond acceptors (Lipinski definition) is 4. The quantitative estimate of drug-likeness (QED) is 0.658. The van der Waals surface area contributed by atoms with Crippen LogP contribution in [0, 0.1) is 5.82 Å². The standard InChI is InChI=1S/C22H21FN2O3/c23-18-10-4-5-11-20(18)27-15-21-24-19(14-28-21)22(26)25-12-6-9-17(13-25)16-7-2-1-3-8-16/h1-5,7-8,10-11,14,17H,6,9,12-13,15H2/t17-/m1/s1. The minimum absolute atomic E-state index is 0.0408. The van der Waals surface area contributed by atoms with E-state index in [-0.39, 0.29) is 29.8 Å². The van der Waals surface area contributed by atoms with Crippen molar-refractivity contribution in [2.24, 2.45) is 0 Å². The topological polar surface area (TPSA) is 55.6 Å². The molecule has 0 radical (unpaired) electrons. The summed E-state index contributed by atoms with van der Waals surface area (Å²) < 4.78 is 24.3. The summed E-state index contributed by atoms with van der Waals surface area (Å²) in [5.41, 5.74) is 1.50. The van der Waals surface area contributed by atoms with Crippen molar-refractivity contribution in [1.82, 2.24) is 9.88 Å². The van der Waals surface area contributed by atoms with Crippen molar-refractivity contribution in [3.63, 3.8) is 0 Å². The van der Waals surface area contributed by atoms with Crippen LogP contribution in [0.25, 0.3) is 0 Å². The molecule has 3 aromatic rings. The highest BCUT2D eigenvalue weighted by atomic mass is 19.1. The molecule has 2 aromatic carbocycles. The molecule has 6 heteroatoms. The largest absolute Gasteiger partial charge is 0.481 e. The maximum absolute atomic E-state index is 13.6. The normalized spacial score (nSPS) is 16.8. The van der Waals surface area contributed by atoms with Crippen LogP contribution in [0.3, 0.4) is 0 Å². The first-order valence-corrected chi connectivity index (χ1v) is 9.36. The van der Waals surface area contributed by atoms with Gasteiger partial charge in [-0.15, -0.1) is 0 Å². The minimum Gasteiger partial charge on any atom is -0.481 e. The summed E-state index contributed by atoms with van der Waals surface area (Å²) in [6.45, 7) is 1.33. The van der Waals surface area contributed by atoms with Crippen molar-refractivity contribution < 1.29 is 18.3 Å². The van der Waals surface area contributed by atoms with Crippen LogP contribution in [-0.4, -0.2) is 28.9 Å². The zero-order valence-corrected chi connectivity index (χ0v) is 15.4. The lowest BCUT2D eigenvalue weighted by molar-refractivity contribution is 0.0701. The predicted octanol–water partition coefficient (Wildman–Crippen LogP) is 4.41. The molecule has 2 heterocycles. The number of nitrogens with zero attached hydrogens (tertiary/aromatic N) is 2. The molecule has 1 saturated heterocycles. The van der Waals surface area contributed by atoms with E-state index in [0.29, 0.717) is 19.0 Å². The SMILES string of the molecule is O=C(c1coc(COc2ccccc2F)n1)N1CCC[C@@H](c2ccccc2)C1. The summed E-state index contributed by atoms with van der Waals surface area (Å²) in [6, 6.07) is 16.4. The molecule has 0 aliphatic carbocycles. The van der Waals surface area contributed by atoms with E-state index in [2.05, 4.69) is 17.1 Å². The molecule has 0 bridgehead atoms. The Morgan fingerprint density at radius 1 is 1.18 bits per heavy atom. The first kappa shape index (κ1) is 18.2. The van der Waals surface area contributed by atoms with Gasteiger partial charge in [0.05, 0.1) is 0 Å². The van der Waals surface area contributed by atoms with Crippen LogP contribution in [-0.2, 0) is 6.61 Å². The van der Waals surface area contributed by atoms with Crippen LogP contribution in [0.1, 0.15) is 40.7 Å². The van der Waals surface area contributed by atoms with Crippen molar-refractivity contribution >= 4 is 5.91 Å². The molecule has 0 N–H and O–H groups in total. The lowest BCUT2D eigenvalue weighted by Gasteiger charge is -2.32. The van der Waals surface area contributed by atoms with E-state index in [0.717, 1.165) is 12.8 Å². The van der Waals surface area contributed by atoms with E-state index >= 15 is 0 Å². The summed E-state index contributed by atoms with van der Waals surface area (Å²) in [5, 5.41) is 0. The smallest absolute Gasteiger partial charge is 0.275 e. The number of benzene rings is 2. The molecular formula is C22H21FN2O3. The van der Waals surface area contributed by atoms with Gasteiger partial charge >= 0.3 is 0 Å². The number of oxazole rings is 1. The van der Waals surface area contributed by atoms with E-state index in [1.807, 2.05) is 23.1 Å². The third-order valence-electron chi connectivity index (χ3n) is 4.94. The third-order valence-corrected chi connectivity index (χ3v) is 4.94. The Hall–Kier alpha value is -3.15. The van der Waals surface area contributed by atoms with Crippen LogP contribution in [0.5, 0.6) is 5.75 Å². The van der Waals surface area contributed by atoms with E-state index in [4.69, 9.17) is 9.15 Å². The van der Waals surface area contributed by atoms with Gasteiger partial charge < -0.3 is 14.1 Å². The Morgan fingerprint density at radius 2 is 1.96 bits per heavy atom. The van der Waals surface area contributed by atoms with Gasteiger partial charge in [0, 0.05) is 19.0 Å². The van der Waals surface area contributed by atoms with Gasteiger partial charge in [-0.25, -0.2) is 9.37 Å². The van der Waals surface area contributed by atoms with Crippen molar-refractivity contribution in [3.8, 4) is 5.75 Å². The average Bonchev–Trinajstić information content (AvgIpc) is 3.22. The molecule has 28 heavy (non-hydrogen) atoms. The Labute approximate surface area is 162 Å². The first-order valence-electron chi connectivity index (χ1n) is 9.36. The molecule has 1 aromatic heterocycles. The van der Waals surface area contributed by atoms with Gasteiger partial charge in [0.2, 0.25) is 5.89 Å².